The number of hydrogen-bond donors (Lipinski definition) is 1. The van der Waals surface area contributed by atoms with E-state index in [0.717, 1.165) is 11.4 Å². The molecule has 3 nitrogen and oxygen atoms in total. The molecule has 0 spiro atoms. The predicted octanol–water partition coefficient (Wildman–Crippen LogP) is 3.43. The van der Waals surface area contributed by atoms with Crippen molar-refractivity contribution >= 4 is 23.4 Å². The maximum Gasteiger partial charge on any atom is 0.0834 e. The molecule has 1 unspecified atom stereocenters. The van der Waals surface area contributed by atoms with Crippen LogP contribution in [0.5, 0.6) is 0 Å². The summed E-state index contributed by atoms with van der Waals surface area (Å²) in [6.45, 7) is 2.11. The molecule has 0 aliphatic heterocycles. The van der Waals surface area contributed by atoms with Gasteiger partial charge in [-0.25, -0.2) is 0 Å². The summed E-state index contributed by atoms with van der Waals surface area (Å²) in [7, 11) is 3.87. The Balaban J connectivity index is 2.08. The van der Waals surface area contributed by atoms with Crippen molar-refractivity contribution in [2.45, 2.75) is 17.9 Å². The Labute approximate surface area is 123 Å². The van der Waals surface area contributed by atoms with E-state index in [1.807, 2.05) is 30.5 Å². The molecule has 0 amide bonds. The molecule has 1 aromatic heterocycles. The molecule has 2 aromatic rings. The van der Waals surface area contributed by atoms with Gasteiger partial charge in [0, 0.05) is 17.7 Å². The van der Waals surface area contributed by atoms with Crippen LogP contribution in [0.2, 0.25) is 5.02 Å². The van der Waals surface area contributed by atoms with Gasteiger partial charge in [0.2, 0.25) is 0 Å². The first-order chi connectivity index (χ1) is 9.11. The van der Waals surface area contributed by atoms with Crippen LogP contribution in [0.15, 0.2) is 35.4 Å². The summed E-state index contributed by atoms with van der Waals surface area (Å²) in [5, 5.41) is 8.21. The van der Waals surface area contributed by atoms with Crippen LogP contribution < -0.4 is 5.32 Å². The van der Waals surface area contributed by atoms with Crippen molar-refractivity contribution in [3.05, 3.63) is 46.7 Å². The standard InChI is InChI=1S/C14H18ClN3S/c1-10-5-4-6-11(7-10)19-9-13(16-2)14-12(15)8-17-18(14)3/h4-8,13,16H,9H2,1-3H3. The highest BCUT2D eigenvalue weighted by atomic mass is 35.5. The highest BCUT2D eigenvalue weighted by molar-refractivity contribution is 7.99. The fourth-order valence-corrected chi connectivity index (χ4v) is 3.42. The molecule has 1 aromatic carbocycles. The maximum atomic E-state index is 6.19. The molecule has 1 N–H and O–H groups in total. The van der Waals surface area contributed by atoms with Crippen molar-refractivity contribution in [3.8, 4) is 0 Å². The summed E-state index contributed by atoms with van der Waals surface area (Å²) >= 11 is 8.01. The average molecular weight is 296 g/mol. The number of rotatable bonds is 5. The first kappa shape index (κ1) is 14.4. The minimum Gasteiger partial charge on any atom is -0.311 e. The second kappa shape index (κ2) is 6.46. The molecule has 0 fully saturated rings. The van der Waals surface area contributed by atoms with Crippen LogP contribution in [0.1, 0.15) is 17.3 Å². The van der Waals surface area contributed by atoms with Crippen LogP contribution in [0, 0.1) is 6.92 Å². The number of nitrogens with zero attached hydrogens (tertiary/aromatic N) is 2. The number of aromatic nitrogens is 2. The highest BCUT2D eigenvalue weighted by Crippen LogP contribution is 2.28. The van der Waals surface area contributed by atoms with E-state index in [9.17, 15) is 0 Å². The zero-order chi connectivity index (χ0) is 13.8. The summed E-state index contributed by atoms with van der Waals surface area (Å²) in [6.07, 6.45) is 1.69. The lowest BCUT2D eigenvalue weighted by Gasteiger charge is -2.17. The van der Waals surface area contributed by atoms with E-state index in [1.165, 1.54) is 10.5 Å². The molecular weight excluding hydrogens is 278 g/mol. The predicted molar refractivity (Wildman–Crippen MR) is 81.9 cm³/mol. The monoisotopic (exact) mass is 295 g/mol. The third kappa shape index (κ3) is 3.53. The Bertz CT molecular complexity index is 534. The topological polar surface area (TPSA) is 29.9 Å². The molecule has 2 rings (SSSR count). The van der Waals surface area contributed by atoms with Gasteiger partial charge in [0.05, 0.1) is 23.0 Å². The Morgan fingerprint density at radius 1 is 1.47 bits per heavy atom. The smallest absolute Gasteiger partial charge is 0.0834 e. The van der Waals surface area contributed by atoms with Gasteiger partial charge in [0.25, 0.3) is 0 Å². The van der Waals surface area contributed by atoms with Gasteiger partial charge in [-0.2, -0.15) is 5.10 Å². The van der Waals surface area contributed by atoms with Gasteiger partial charge < -0.3 is 5.32 Å². The lowest BCUT2D eigenvalue weighted by molar-refractivity contribution is 0.586. The zero-order valence-corrected chi connectivity index (χ0v) is 12.9. The Kier molecular flexibility index (Phi) is 4.91. The minimum atomic E-state index is 0.186. The van der Waals surface area contributed by atoms with Crippen molar-refractivity contribution in [1.29, 1.82) is 0 Å². The first-order valence-corrected chi connectivity index (χ1v) is 7.52. The number of halogens is 1. The molecule has 0 aliphatic rings. The second-order valence-electron chi connectivity index (χ2n) is 4.47. The average Bonchev–Trinajstić information content (AvgIpc) is 2.71. The normalized spacial score (nSPS) is 12.6. The van der Waals surface area contributed by atoms with Crippen LogP contribution in [0.3, 0.4) is 0 Å². The lowest BCUT2D eigenvalue weighted by Crippen LogP contribution is -2.22. The third-order valence-corrected chi connectivity index (χ3v) is 4.40. The maximum absolute atomic E-state index is 6.19. The van der Waals surface area contributed by atoms with Gasteiger partial charge in [-0.15, -0.1) is 11.8 Å². The molecule has 0 radical (unpaired) electrons. The lowest BCUT2D eigenvalue weighted by atomic mass is 10.2. The summed E-state index contributed by atoms with van der Waals surface area (Å²) in [6, 6.07) is 8.71. The Hall–Kier alpha value is -0.970. The fraction of sp³-hybridized carbons (Fsp3) is 0.357. The van der Waals surface area contributed by atoms with Gasteiger partial charge in [0.15, 0.2) is 0 Å². The molecule has 0 aliphatic carbocycles. The van der Waals surface area contributed by atoms with Gasteiger partial charge >= 0.3 is 0 Å². The van der Waals surface area contributed by atoms with E-state index in [1.54, 1.807) is 6.20 Å². The first-order valence-electron chi connectivity index (χ1n) is 6.16. The van der Waals surface area contributed by atoms with E-state index in [0.29, 0.717) is 5.02 Å². The molecule has 1 atom stereocenters. The fourth-order valence-electron chi connectivity index (χ4n) is 2.00. The zero-order valence-electron chi connectivity index (χ0n) is 11.4. The Morgan fingerprint density at radius 3 is 2.84 bits per heavy atom. The molecule has 5 heteroatoms. The summed E-state index contributed by atoms with van der Waals surface area (Å²) in [5.41, 5.74) is 2.31. The summed E-state index contributed by atoms with van der Waals surface area (Å²) < 4.78 is 1.83. The number of hydrogen-bond acceptors (Lipinski definition) is 3. The van der Waals surface area contributed by atoms with Gasteiger partial charge in [-0.3, -0.25) is 4.68 Å². The largest absolute Gasteiger partial charge is 0.311 e. The SMILES string of the molecule is CNC(CSc1cccc(C)c1)c1c(Cl)cnn1C. The summed E-state index contributed by atoms with van der Waals surface area (Å²) in [5.74, 6) is 0.916. The van der Waals surface area contributed by atoms with Crippen molar-refractivity contribution < 1.29 is 0 Å². The van der Waals surface area contributed by atoms with E-state index < -0.39 is 0 Å². The molecule has 0 bridgehead atoms. The van der Waals surface area contributed by atoms with E-state index >= 15 is 0 Å². The van der Waals surface area contributed by atoms with Gasteiger partial charge in [-0.1, -0.05) is 29.3 Å². The molecule has 19 heavy (non-hydrogen) atoms. The molecular formula is C14H18ClN3S. The molecule has 1 heterocycles. The second-order valence-corrected chi connectivity index (χ2v) is 5.97. The third-order valence-electron chi connectivity index (χ3n) is 3.02. The number of benzene rings is 1. The quantitative estimate of drug-likeness (QED) is 0.857. The minimum absolute atomic E-state index is 0.186. The van der Waals surface area contributed by atoms with Gasteiger partial charge in [0.1, 0.15) is 0 Å². The molecule has 102 valence electrons. The van der Waals surface area contributed by atoms with Crippen LogP contribution in [0.25, 0.3) is 0 Å². The van der Waals surface area contributed by atoms with Crippen molar-refractivity contribution in [3.63, 3.8) is 0 Å². The summed E-state index contributed by atoms with van der Waals surface area (Å²) in [4.78, 5) is 1.28. The number of nitrogens with one attached hydrogen (secondary N) is 1. The number of aryl methyl sites for hydroxylation is 2. The molecule has 0 saturated heterocycles. The van der Waals surface area contributed by atoms with Crippen LogP contribution in [-0.4, -0.2) is 22.6 Å². The van der Waals surface area contributed by atoms with Crippen LogP contribution >= 0.6 is 23.4 Å². The van der Waals surface area contributed by atoms with Crippen LogP contribution in [0.4, 0.5) is 0 Å². The molecule has 0 saturated carbocycles. The Morgan fingerprint density at radius 2 is 2.26 bits per heavy atom. The van der Waals surface area contributed by atoms with Crippen LogP contribution in [-0.2, 0) is 7.05 Å². The van der Waals surface area contributed by atoms with Gasteiger partial charge in [-0.05, 0) is 26.1 Å². The van der Waals surface area contributed by atoms with E-state index in [4.69, 9.17) is 11.6 Å². The van der Waals surface area contributed by atoms with Crippen molar-refractivity contribution in [2.24, 2.45) is 7.05 Å². The van der Waals surface area contributed by atoms with Crippen molar-refractivity contribution in [1.82, 2.24) is 15.1 Å². The highest BCUT2D eigenvalue weighted by Gasteiger charge is 2.17. The number of thioether (sulfide) groups is 1. The van der Waals surface area contributed by atoms with E-state index in [-0.39, 0.29) is 6.04 Å². The van der Waals surface area contributed by atoms with Crippen molar-refractivity contribution in [2.75, 3.05) is 12.8 Å². The van der Waals surface area contributed by atoms with E-state index in [2.05, 4.69) is 41.6 Å².